The largest absolute Gasteiger partial charge is 0.497 e. The van der Waals surface area contributed by atoms with E-state index in [2.05, 4.69) is 45.1 Å². The Morgan fingerprint density at radius 3 is 2.46 bits per heavy atom. The number of nitrogens with zero attached hydrogens (tertiary/aromatic N) is 3. The van der Waals surface area contributed by atoms with E-state index in [1.165, 1.54) is 0 Å². The maximum Gasteiger partial charge on any atom is 0.240 e. The van der Waals surface area contributed by atoms with Crippen molar-refractivity contribution in [1.29, 1.82) is 0 Å². The number of carbonyl (C=O) groups is 2. The minimum absolute atomic E-state index is 0.0329. The van der Waals surface area contributed by atoms with Crippen LogP contribution in [0.3, 0.4) is 0 Å². The van der Waals surface area contributed by atoms with E-state index in [1.807, 2.05) is 41.1 Å². The molecule has 2 aliphatic rings. The number of thioether (sulfide) groups is 1. The number of carbonyl (C=O) groups excluding carboxylic acids is 2. The standard InChI is InChI=1S/C29H34N4O3S/c1-18-8-6-7-9-22(18)26-25-27(29(2,3)4)31-33(20-12-14-21(36-5)15-13-20)28(25)32(24(35)17-37-26)16-23(34)30-19-10-11-19/h6-9,12-15,19,26H,10-11,16-17H2,1-5H3,(H,30,34)/t26-/m0/s1. The third-order valence-electron chi connectivity index (χ3n) is 6.83. The Labute approximate surface area is 222 Å². The highest BCUT2D eigenvalue weighted by molar-refractivity contribution is 8.00. The van der Waals surface area contributed by atoms with Crippen LogP contribution >= 0.6 is 11.8 Å². The predicted octanol–water partition coefficient (Wildman–Crippen LogP) is 4.93. The third-order valence-corrected chi connectivity index (χ3v) is 8.07. The van der Waals surface area contributed by atoms with E-state index in [0.29, 0.717) is 5.82 Å². The Bertz CT molecular complexity index is 1320. The maximum absolute atomic E-state index is 13.7. The molecule has 0 unspecified atom stereocenters. The topological polar surface area (TPSA) is 76.5 Å². The molecule has 1 aliphatic carbocycles. The number of aromatic nitrogens is 2. The van der Waals surface area contributed by atoms with E-state index in [4.69, 9.17) is 9.84 Å². The quantitative estimate of drug-likeness (QED) is 0.501. The lowest BCUT2D eigenvalue weighted by molar-refractivity contribution is -0.123. The highest BCUT2D eigenvalue weighted by Gasteiger charge is 2.40. The average Bonchev–Trinajstić information content (AvgIpc) is 3.61. The minimum atomic E-state index is -0.293. The number of fused-ring (bicyclic) bond motifs is 1. The molecule has 0 spiro atoms. The van der Waals surface area contributed by atoms with E-state index in [0.717, 1.165) is 46.7 Å². The zero-order chi connectivity index (χ0) is 26.3. The van der Waals surface area contributed by atoms with Crippen LogP contribution in [-0.2, 0) is 15.0 Å². The molecule has 194 valence electrons. The van der Waals surface area contributed by atoms with Gasteiger partial charge in [-0.1, -0.05) is 45.0 Å². The second-order valence-corrected chi connectivity index (χ2v) is 11.9. The van der Waals surface area contributed by atoms with Crippen molar-refractivity contribution in [2.45, 2.75) is 57.2 Å². The van der Waals surface area contributed by atoms with Gasteiger partial charge in [0.1, 0.15) is 18.1 Å². The summed E-state index contributed by atoms with van der Waals surface area (Å²) in [5.41, 5.74) is 4.75. The lowest BCUT2D eigenvalue weighted by atomic mass is 9.86. The summed E-state index contributed by atoms with van der Waals surface area (Å²) in [4.78, 5) is 28.3. The monoisotopic (exact) mass is 518 g/mol. The van der Waals surface area contributed by atoms with Crippen molar-refractivity contribution in [3.8, 4) is 11.4 Å². The minimum Gasteiger partial charge on any atom is -0.497 e. The molecular formula is C29H34N4O3S. The molecule has 7 nitrogen and oxygen atoms in total. The zero-order valence-electron chi connectivity index (χ0n) is 22.1. The second kappa shape index (κ2) is 9.89. The molecule has 1 atom stereocenters. The van der Waals surface area contributed by atoms with Gasteiger partial charge < -0.3 is 10.1 Å². The fourth-order valence-electron chi connectivity index (χ4n) is 4.75. The third kappa shape index (κ3) is 5.12. The summed E-state index contributed by atoms with van der Waals surface area (Å²) in [6.45, 7) is 8.50. The first-order valence-corrected chi connectivity index (χ1v) is 13.8. The number of hydrogen-bond donors (Lipinski definition) is 1. The van der Waals surface area contributed by atoms with Crippen LogP contribution in [0.1, 0.15) is 61.2 Å². The van der Waals surface area contributed by atoms with E-state index in [1.54, 1.807) is 23.8 Å². The number of ether oxygens (including phenoxy) is 1. The fourth-order valence-corrected chi connectivity index (χ4v) is 6.04. The summed E-state index contributed by atoms with van der Waals surface area (Å²) >= 11 is 1.61. The van der Waals surface area contributed by atoms with Gasteiger partial charge in [-0.05, 0) is 55.2 Å². The Hall–Kier alpha value is -3.26. The molecule has 1 fully saturated rings. The van der Waals surface area contributed by atoms with Crippen molar-refractivity contribution in [3.63, 3.8) is 0 Å². The highest BCUT2D eigenvalue weighted by atomic mass is 32.2. The van der Waals surface area contributed by atoms with Gasteiger partial charge in [0.15, 0.2) is 0 Å². The van der Waals surface area contributed by atoms with Crippen molar-refractivity contribution in [2.75, 3.05) is 24.3 Å². The number of benzene rings is 2. The van der Waals surface area contributed by atoms with Crippen molar-refractivity contribution in [3.05, 3.63) is 70.9 Å². The number of aryl methyl sites for hydroxylation is 1. The molecule has 1 aliphatic heterocycles. The molecule has 0 bridgehead atoms. The average molecular weight is 519 g/mol. The van der Waals surface area contributed by atoms with Crippen LogP contribution in [-0.4, -0.2) is 47.0 Å². The summed E-state index contributed by atoms with van der Waals surface area (Å²) in [6, 6.07) is 16.2. The number of hydrogen-bond acceptors (Lipinski definition) is 5. The van der Waals surface area contributed by atoms with Crippen molar-refractivity contribution >= 4 is 29.4 Å². The Kier molecular flexibility index (Phi) is 6.79. The summed E-state index contributed by atoms with van der Waals surface area (Å²) in [5.74, 6) is 1.45. The van der Waals surface area contributed by atoms with Gasteiger partial charge in [-0.25, -0.2) is 4.68 Å². The van der Waals surface area contributed by atoms with Crippen LogP contribution in [0.5, 0.6) is 5.75 Å². The molecule has 2 aromatic carbocycles. The normalized spacial score (nSPS) is 17.8. The van der Waals surface area contributed by atoms with Gasteiger partial charge in [0.25, 0.3) is 0 Å². The second-order valence-electron chi connectivity index (χ2n) is 10.8. The number of amides is 2. The molecule has 5 rings (SSSR count). The van der Waals surface area contributed by atoms with E-state index in [-0.39, 0.29) is 40.8 Å². The van der Waals surface area contributed by atoms with Gasteiger partial charge >= 0.3 is 0 Å². The summed E-state index contributed by atoms with van der Waals surface area (Å²) < 4.78 is 7.21. The fraction of sp³-hybridized carbons (Fsp3) is 0.414. The maximum atomic E-state index is 13.7. The van der Waals surface area contributed by atoms with Gasteiger partial charge in [0.05, 0.1) is 29.5 Å². The van der Waals surface area contributed by atoms with E-state index >= 15 is 0 Å². The van der Waals surface area contributed by atoms with Gasteiger partial charge in [-0.2, -0.15) is 5.10 Å². The van der Waals surface area contributed by atoms with Crippen LogP contribution in [0, 0.1) is 6.92 Å². The number of rotatable bonds is 6. The van der Waals surface area contributed by atoms with Crippen LogP contribution in [0.15, 0.2) is 48.5 Å². The van der Waals surface area contributed by atoms with Crippen molar-refractivity contribution < 1.29 is 14.3 Å². The lowest BCUT2D eigenvalue weighted by Crippen LogP contribution is -2.43. The van der Waals surface area contributed by atoms with Crippen molar-refractivity contribution in [2.24, 2.45) is 0 Å². The van der Waals surface area contributed by atoms with Gasteiger partial charge in [-0.3, -0.25) is 14.5 Å². The summed E-state index contributed by atoms with van der Waals surface area (Å²) in [7, 11) is 1.63. The molecule has 0 radical (unpaired) electrons. The number of anilines is 1. The highest BCUT2D eigenvalue weighted by Crippen LogP contribution is 2.49. The van der Waals surface area contributed by atoms with Crippen LogP contribution in [0.2, 0.25) is 0 Å². The first-order chi connectivity index (χ1) is 17.7. The summed E-state index contributed by atoms with van der Waals surface area (Å²) in [5, 5.41) is 8.09. The van der Waals surface area contributed by atoms with E-state index < -0.39 is 0 Å². The molecule has 37 heavy (non-hydrogen) atoms. The molecule has 1 aromatic heterocycles. The molecule has 1 N–H and O–H groups in total. The number of nitrogens with one attached hydrogen (secondary N) is 1. The first kappa shape index (κ1) is 25.4. The summed E-state index contributed by atoms with van der Waals surface area (Å²) in [6.07, 6.45) is 1.99. The molecular weight excluding hydrogens is 484 g/mol. The first-order valence-electron chi connectivity index (χ1n) is 12.7. The van der Waals surface area contributed by atoms with Gasteiger partial charge in [0.2, 0.25) is 11.8 Å². The van der Waals surface area contributed by atoms with Crippen LogP contribution in [0.25, 0.3) is 5.69 Å². The predicted molar refractivity (Wildman–Crippen MR) is 148 cm³/mol. The SMILES string of the molecule is COc1ccc(-n2nc(C(C)(C)C)c3c2N(CC(=O)NC2CC2)C(=O)CS[C@H]3c2ccccc2C)cc1. The molecule has 2 heterocycles. The van der Waals surface area contributed by atoms with Gasteiger partial charge in [-0.15, -0.1) is 11.8 Å². The van der Waals surface area contributed by atoms with Crippen LogP contribution < -0.4 is 15.0 Å². The lowest BCUT2D eigenvalue weighted by Gasteiger charge is -2.25. The molecule has 3 aromatic rings. The smallest absolute Gasteiger partial charge is 0.240 e. The van der Waals surface area contributed by atoms with E-state index in [9.17, 15) is 9.59 Å². The Balaban J connectivity index is 1.75. The van der Waals surface area contributed by atoms with Crippen LogP contribution in [0.4, 0.5) is 5.82 Å². The Morgan fingerprint density at radius 1 is 1.14 bits per heavy atom. The molecule has 2 amide bonds. The molecule has 1 saturated carbocycles. The zero-order valence-corrected chi connectivity index (χ0v) is 22.9. The van der Waals surface area contributed by atoms with Crippen molar-refractivity contribution in [1.82, 2.24) is 15.1 Å². The number of methoxy groups -OCH3 is 1. The van der Waals surface area contributed by atoms with Gasteiger partial charge in [0, 0.05) is 17.0 Å². The molecule has 8 heteroatoms. The molecule has 0 saturated heterocycles. The Morgan fingerprint density at radius 2 is 1.84 bits per heavy atom.